The second-order valence-corrected chi connectivity index (χ2v) is 5.60. The molecule has 0 aliphatic carbocycles. The van der Waals surface area contributed by atoms with Gasteiger partial charge < -0.3 is 0 Å². The van der Waals surface area contributed by atoms with Crippen LogP contribution in [-0.4, -0.2) is 11.5 Å². The minimum Gasteiger partial charge on any atom is -0.291 e. The second-order valence-electron chi connectivity index (χ2n) is 5.60. The van der Waals surface area contributed by atoms with E-state index in [2.05, 4.69) is 6.58 Å². The lowest BCUT2D eigenvalue weighted by Gasteiger charge is -2.19. The Morgan fingerprint density at radius 2 is 1.57 bits per heavy atom. The van der Waals surface area contributed by atoms with Gasteiger partial charge in [-0.15, -0.1) is 6.58 Å². The third-order valence-electron chi connectivity index (χ3n) is 3.36. The molecule has 21 heavy (non-hydrogen) atoms. The van der Waals surface area contributed by atoms with E-state index in [1.165, 1.54) is 6.92 Å². The topological polar surface area (TPSA) is 17.1 Å². The number of rotatable bonds is 5. The van der Waals surface area contributed by atoms with Crippen molar-refractivity contribution in [2.45, 2.75) is 25.9 Å². The van der Waals surface area contributed by atoms with E-state index in [4.69, 9.17) is 0 Å². The van der Waals surface area contributed by atoms with Gasteiger partial charge in [0.05, 0.1) is 0 Å². The number of Topliss-reactive ketones (excluding diaryl/α,β-unsaturated/α-hetero) is 1. The number of benzene rings is 2. The first-order valence-corrected chi connectivity index (χ1v) is 6.94. The van der Waals surface area contributed by atoms with Crippen molar-refractivity contribution in [2.75, 3.05) is 0 Å². The van der Waals surface area contributed by atoms with Crippen LogP contribution in [0.25, 0.3) is 11.1 Å². The fourth-order valence-corrected chi connectivity index (χ4v) is 2.39. The maximum Gasteiger partial charge on any atom is 0.200 e. The summed E-state index contributed by atoms with van der Waals surface area (Å²) in [6, 6.07) is 16.9. The van der Waals surface area contributed by atoms with Crippen molar-refractivity contribution < 1.29 is 9.18 Å². The van der Waals surface area contributed by atoms with Gasteiger partial charge in [-0.3, -0.25) is 4.79 Å². The fourth-order valence-electron chi connectivity index (χ4n) is 2.39. The number of carbonyl (C=O) groups is 1. The normalized spacial score (nSPS) is 13.5. The molecule has 1 nitrogen and oxygen atoms in total. The van der Waals surface area contributed by atoms with E-state index >= 15 is 0 Å². The summed E-state index contributed by atoms with van der Waals surface area (Å²) in [5.41, 5.74) is 1.23. The molecule has 0 heterocycles. The lowest BCUT2D eigenvalue weighted by molar-refractivity contribution is 0.0724. The highest BCUT2D eigenvalue weighted by molar-refractivity contribution is 6.02. The summed E-state index contributed by atoms with van der Waals surface area (Å²) in [5.74, 6) is -0.495. The molecule has 2 aromatic rings. The molecule has 0 amide bonds. The molecule has 0 fully saturated rings. The summed E-state index contributed by atoms with van der Waals surface area (Å²) in [7, 11) is 0. The molecule has 2 aromatic carbocycles. The lowest BCUT2D eigenvalue weighted by Crippen LogP contribution is -2.30. The van der Waals surface area contributed by atoms with Crippen molar-refractivity contribution >= 4 is 5.78 Å². The summed E-state index contributed by atoms with van der Waals surface area (Å²) in [6.45, 7) is 6.72. The molecule has 0 saturated carbocycles. The van der Waals surface area contributed by atoms with Crippen molar-refractivity contribution in [3.8, 4) is 11.1 Å². The van der Waals surface area contributed by atoms with Crippen LogP contribution >= 0.6 is 0 Å². The molecule has 1 unspecified atom stereocenters. The first-order chi connectivity index (χ1) is 9.90. The zero-order chi connectivity index (χ0) is 15.5. The number of alkyl halides is 1. The Balaban J connectivity index is 2.23. The molecular formula is C19H19FO. The van der Waals surface area contributed by atoms with Gasteiger partial charge in [-0.1, -0.05) is 60.2 Å². The Hall–Kier alpha value is -2.22. The van der Waals surface area contributed by atoms with Gasteiger partial charge in [0, 0.05) is 12.0 Å². The maximum atomic E-state index is 14.4. The molecule has 108 valence electrons. The van der Waals surface area contributed by atoms with Gasteiger partial charge in [-0.05, 0) is 25.0 Å². The van der Waals surface area contributed by atoms with Crippen LogP contribution in [0.5, 0.6) is 0 Å². The van der Waals surface area contributed by atoms with E-state index in [1.807, 2.05) is 42.5 Å². The Labute approximate surface area is 125 Å². The van der Waals surface area contributed by atoms with Crippen molar-refractivity contribution in [2.24, 2.45) is 0 Å². The van der Waals surface area contributed by atoms with Crippen LogP contribution in [0.15, 0.2) is 66.7 Å². The summed E-state index contributed by atoms with van der Waals surface area (Å²) < 4.78 is 14.4. The summed E-state index contributed by atoms with van der Waals surface area (Å²) in [4.78, 5) is 12.2. The molecule has 0 aliphatic rings. The second kappa shape index (κ2) is 6.04. The van der Waals surface area contributed by atoms with Crippen LogP contribution in [0.3, 0.4) is 0 Å². The number of hydrogen-bond acceptors (Lipinski definition) is 1. The molecule has 0 N–H and O–H groups in total. The van der Waals surface area contributed by atoms with Gasteiger partial charge in [-0.25, -0.2) is 4.39 Å². The average molecular weight is 282 g/mol. The van der Waals surface area contributed by atoms with E-state index in [1.54, 1.807) is 19.1 Å². The van der Waals surface area contributed by atoms with E-state index in [0.29, 0.717) is 11.1 Å². The summed E-state index contributed by atoms with van der Waals surface area (Å²) >= 11 is 0. The average Bonchev–Trinajstić information content (AvgIpc) is 2.46. The predicted molar refractivity (Wildman–Crippen MR) is 85.2 cm³/mol. The van der Waals surface area contributed by atoms with Gasteiger partial charge in [0.2, 0.25) is 0 Å². The largest absolute Gasteiger partial charge is 0.291 e. The highest BCUT2D eigenvalue weighted by Crippen LogP contribution is 2.26. The first-order valence-electron chi connectivity index (χ1n) is 6.94. The smallest absolute Gasteiger partial charge is 0.200 e. The van der Waals surface area contributed by atoms with Gasteiger partial charge in [-0.2, -0.15) is 0 Å². The number of allylic oxidation sites excluding steroid dienone is 1. The molecule has 0 bridgehead atoms. The van der Waals surface area contributed by atoms with E-state index in [9.17, 15) is 9.18 Å². The Morgan fingerprint density at radius 3 is 2.10 bits per heavy atom. The van der Waals surface area contributed by atoms with Crippen molar-refractivity contribution in [1.29, 1.82) is 0 Å². The van der Waals surface area contributed by atoms with Gasteiger partial charge >= 0.3 is 0 Å². The molecule has 0 aromatic heterocycles. The molecular weight excluding hydrogens is 263 g/mol. The van der Waals surface area contributed by atoms with Crippen LogP contribution in [0, 0.1) is 0 Å². The molecule has 0 aliphatic heterocycles. The Kier molecular flexibility index (Phi) is 4.37. The third kappa shape index (κ3) is 3.66. The maximum absolute atomic E-state index is 14.4. The Bertz CT molecular complexity index is 639. The summed E-state index contributed by atoms with van der Waals surface area (Å²) in [6.07, 6.45) is 0.0479. The molecule has 2 heteroatoms. The monoisotopic (exact) mass is 282 g/mol. The fraction of sp³-hybridized carbons (Fsp3) is 0.211. The van der Waals surface area contributed by atoms with Crippen molar-refractivity contribution in [3.05, 3.63) is 72.3 Å². The quantitative estimate of drug-likeness (QED) is 0.542. The van der Waals surface area contributed by atoms with Crippen LogP contribution in [-0.2, 0) is 0 Å². The van der Waals surface area contributed by atoms with Crippen LogP contribution in [0.1, 0.15) is 30.6 Å². The number of hydrogen-bond donors (Lipinski definition) is 0. The molecule has 0 spiro atoms. The molecule has 0 radical (unpaired) electrons. The standard InChI is InChI=1S/C19H19FO/c1-14(2)13-19(3,20)18(21)17-11-9-16(10-12-17)15-7-5-4-6-8-15/h4-12H,1,13H2,2-3H3. The van der Waals surface area contributed by atoms with Crippen molar-refractivity contribution in [3.63, 3.8) is 0 Å². The number of halogens is 1. The van der Waals surface area contributed by atoms with Crippen molar-refractivity contribution in [1.82, 2.24) is 0 Å². The van der Waals surface area contributed by atoms with E-state index in [-0.39, 0.29) is 6.42 Å². The summed E-state index contributed by atoms with van der Waals surface area (Å²) in [5, 5.41) is 0. The lowest BCUT2D eigenvalue weighted by atomic mass is 9.90. The van der Waals surface area contributed by atoms with Gasteiger partial charge in [0.1, 0.15) is 0 Å². The highest BCUT2D eigenvalue weighted by atomic mass is 19.1. The minimum atomic E-state index is -1.90. The first kappa shape index (κ1) is 15.2. The van der Waals surface area contributed by atoms with Gasteiger partial charge in [0.25, 0.3) is 0 Å². The molecule has 0 saturated heterocycles. The Morgan fingerprint density at radius 1 is 1.05 bits per heavy atom. The van der Waals surface area contributed by atoms with Gasteiger partial charge in [0.15, 0.2) is 11.5 Å². The van der Waals surface area contributed by atoms with E-state index < -0.39 is 11.5 Å². The minimum absolute atomic E-state index is 0.0479. The predicted octanol–water partition coefficient (Wildman–Crippen LogP) is 5.23. The SMILES string of the molecule is C=C(C)CC(C)(F)C(=O)c1ccc(-c2ccccc2)cc1. The zero-order valence-electron chi connectivity index (χ0n) is 12.4. The van der Waals surface area contributed by atoms with Crippen LogP contribution in [0.2, 0.25) is 0 Å². The van der Waals surface area contributed by atoms with E-state index in [0.717, 1.165) is 11.1 Å². The number of ketones is 1. The number of carbonyl (C=O) groups excluding carboxylic acids is 1. The zero-order valence-corrected chi connectivity index (χ0v) is 12.4. The molecule has 1 atom stereocenters. The van der Waals surface area contributed by atoms with Crippen LogP contribution in [0.4, 0.5) is 4.39 Å². The molecule has 2 rings (SSSR count). The van der Waals surface area contributed by atoms with Crippen LogP contribution < -0.4 is 0 Å². The third-order valence-corrected chi connectivity index (χ3v) is 3.36. The highest BCUT2D eigenvalue weighted by Gasteiger charge is 2.33.